The van der Waals surface area contributed by atoms with Gasteiger partial charge in [-0.3, -0.25) is 4.57 Å². The molecule has 0 saturated heterocycles. The molecular formula is C19H13N3OS2. The molecular weight excluding hydrogens is 350 g/mol. The molecule has 0 atom stereocenters. The maximum atomic E-state index is 8.83. The first-order valence-corrected chi connectivity index (χ1v) is 9.33. The van der Waals surface area contributed by atoms with Crippen molar-refractivity contribution < 1.29 is 5.11 Å². The van der Waals surface area contributed by atoms with E-state index in [1.54, 1.807) is 28.9 Å². The quantitative estimate of drug-likeness (QED) is 0.558. The van der Waals surface area contributed by atoms with Crippen LogP contribution < -0.4 is 0 Å². The predicted molar refractivity (Wildman–Crippen MR) is 102 cm³/mol. The summed E-state index contributed by atoms with van der Waals surface area (Å²) in [5, 5.41) is 10.9. The van der Waals surface area contributed by atoms with Crippen LogP contribution in [0.5, 0.6) is 0 Å². The van der Waals surface area contributed by atoms with Crippen molar-refractivity contribution in [1.82, 2.24) is 14.5 Å². The summed E-state index contributed by atoms with van der Waals surface area (Å²) in [6.45, 7) is -0.134. The fourth-order valence-electron chi connectivity index (χ4n) is 2.52. The minimum atomic E-state index is -0.134. The first-order valence-electron chi connectivity index (χ1n) is 7.57. The van der Waals surface area contributed by atoms with E-state index in [1.165, 1.54) is 0 Å². The summed E-state index contributed by atoms with van der Waals surface area (Å²) < 4.78 is 2.06. The van der Waals surface area contributed by atoms with Crippen molar-refractivity contribution in [3.63, 3.8) is 0 Å². The average molecular weight is 363 g/mol. The Hall–Kier alpha value is -2.72. The second kappa shape index (κ2) is 7.03. The van der Waals surface area contributed by atoms with Gasteiger partial charge >= 0.3 is 0 Å². The molecule has 0 amide bonds. The molecule has 4 aromatic rings. The van der Waals surface area contributed by atoms with Gasteiger partial charge < -0.3 is 5.11 Å². The zero-order chi connectivity index (χ0) is 17.1. The molecule has 0 fully saturated rings. The van der Waals surface area contributed by atoms with Crippen LogP contribution in [0.3, 0.4) is 0 Å². The fraction of sp³-hybridized carbons (Fsp3) is 0.0526. The summed E-state index contributed by atoms with van der Waals surface area (Å²) in [5.74, 6) is 6.49. The highest BCUT2D eigenvalue weighted by atomic mass is 32.1. The van der Waals surface area contributed by atoms with Crippen molar-refractivity contribution in [1.29, 1.82) is 0 Å². The van der Waals surface area contributed by atoms with Crippen LogP contribution in [0.4, 0.5) is 0 Å². The molecule has 122 valence electrons. The standard InChI is InChI=1S/C19H13N3OS2/c23-10-2-5-16-6-7-18(25-16)19-20-8-9-22(19)15-4-1-3-14(11-15)17-12-24-13-21-17/h1,3-4,6-9,11-13,23H,10H2. The Morgan fingerprint density at radius 2 is 2.12 bits per heavy atom. The molecule has 4 nitrogen and oxygen atoms in total. The second-order valence-electron chi connectivity index (χ2n) is 5.17. The maximum Gasteiger partial charge on any atom is 0.154 e. The van der Waals surface area contributed by atoms with Crippen LogP contribution in [0.1, 0.15) is 4.88 Å². The lowest BCUT2D eigenvalue weighted by Gasteiger charge is -2.08. The van der Waals surface area contributed by atoms with Crippen molar-refractivity contribution in [3.05, 3.63) is 64.6 Å². The molecule has 3 heterocycles. The minimum absolute atomic E-state index is 0.134. The average Bonchev–Trinajstić information content (AvgIpc) is 3.41. The molecule has 6 heteroatoms. The van der Waals surface area contributed by atoms with E-state index >= 15 is 0 Å². The zero-order valence-corrected chi connectivity index (χ0v) is 14.7. The predicted octanol–water partition coefficient (Wildman–Crippen LogP) is 4.07. The Balaban J connectivity index is 1.73. The van der Waals surface area contributed by atoms with Gasteiger partial charge in [-0.25, -0.2) is 9.97 Å². The number of hydrogen-bond acceptors (Lipinski definition) is 5. The highest BCUT2D eigenvalue weighted by molar-refractivity contribution is 7.15. The number of aliphatic hydroxyl groups is 1. The molecule has 0 radical (unpaired) electrons. The molecule has 0 spiro atoms. The van der Waals surface area contributed by atoms with Crippen LogP contribution in [0.2, 0.25) is 0 Å². The van der Waals surface area contributed by atoms with Gasteiger partial charge in [0.05, 0.1) is 21.0 Å². The molecule has 0 saturated carbocycles. The van der Waals surface area contributed by atoms with Crippen LogP contribution in [0, 0.1) is 11.8 Å². The third-order valence-electron chi connectivity index (χ3n) is 3.61. The minimum Gasteiger partial charge on any atom is -0.384 e. The summed E-state index contributed by atoms with van der Waals surface area (Å²) in [6, 6.07) is 12.2. The van der Waals surface area contributed by atoms with Crippen molar-refractivity contribution >= 4 is 22.7 Å². The van der Waals surface area contributed by atoms with E-state index < -0.39 is 0 Å². The Labute approximate surface area is 153 Å². The normalized spacial score (nSPS) is 10.4. The SMILES string of the molecule is OCC#Cc1ccc(-c2nccn2-c2cccc(-c3cscn3)c2)s1. The largest absolute Gasteiger partial charge is 0.384 e. The van der Waals surface area contributed by atoms with E-state index in [9.17, 15) is 0 Å². The van der Waals surface area contributed by atoms with Gasteiger partial charge in [0.2, 0.25) is 0 Å². The third kappa shape index (κ3) is 3.26. The van der Waals surface area contributed by atoms with Crippen LogP contribution in [-0.4, -0.2) is 26.2 Å². The molecule has 25 heavy (non-hydrogen) atoms. The highest BCUT2D eigenvalue weighted by Crippen LogP contribution is 2.29. The maximum absolute atomic E-state index is 8.83. The summed E-state index contributed by atoms with van der Waals surface area (Å²) in [4.78, 5) is 10.8. The molecule has 1 aromatic carbocycles. The smallest absolute Gasteiger partial charge is 0.154 e. The number of rotatable bonds is 3. The summed E-state index contributed by atoms with van der Waals surface area (Å²) >= 11 is 3.15. The number of benzene rings is 1. The molecule has 3 aromatic heterocycles. The lowest BCUT2D eigenvalue weighted by molar-refractivity contribution is 0.350. The topological polar surface area (TPSA) is 50.9 Å². The van der Waals surface area contributed by atoms with Crippen molar-refractivity contribution in [3.8, 4) is 39.5 Å². The Morgan fingerprint density at radius 1 is 1.16 bits per heavy atom. The van der Waals surface area contributed by atoms with Gasteiger partial charge in [0.1, 0.15) is 6.61 Å². The molecule has 0 bridgehead atoms. The molecule has 0 aliphatic heterocycles. The lowest BCUT2D eigenvalue weighted by Crippen LogP contribution is -1.95. The van der Waals surface area contributed by atoms with Gasteiger partial charge in [-0.15, -0.1) is 22.7 Å². The van der Waals surface area contributed by atoms with E-state index in [-0.39, 0.29) is 6.61 Å². The molecule has 0 aliphatic carbocycles. The number of thiazole rings is 1. The van der Waals surface area contributed by atoms with E-state index in [1.807, 2.05) is 35.3 Å². The van der Waals surface area contributed by atoms with Gasteiger partial charge in [-0.2, -0.15) is 0 Å². The van der Waals surface area contributed by atoms with Gasteiger partial charge in [-0.05, 0) is 24.3 Å². The van der Waals surface area contributed by atoms with Crippen LogP contribution in [0.25, 0.3) is 27.6 Å². The monoisotopic (exact) mass is 363 g/mol. The lowest BCUT2D eigenvalue weighted by atomic mass is 10.1. The molecule has 0 aliphatic rings. The molecule has 4 rings (SSSR count). The van der Waals surface area contributed by atoms with Crippen LogP contribution >= 0.6 is 22.7 Å². The zero-order valence-electron chi connectivity index (χ0n) is 13.1. The van der Waals surface area contributed by atoms with Crippen LogP contribution in [-0.2, 0) is 0 Å². The molecule has 0 unspecified atom stereocenters. The number of hydrogen-bond donors (Lipinski definition) is 1. The van der Waals surface area contributed by atoms with Gasteiger partial charge in [0, 0.05) is 29.0 Å². The van der Waals surface area contributed by atoms with Gasteiger partial charge in [-0.1, -0.05) is 24.0 Å². The Morgan fingerprint density at radius 3 is 2.96 bits per heavy atom. The third-order valence-corrected chi connectivity index (χ3v) is 5.19. The molecule has 1 N–H and O–H groups in total. The van der Waals surface area contributed by atoms with Crippen molar-refractivity contribution in [2.24, 2.45) is 0 Å². The number of nitrogens with zero attached hydrogens (tertiary/aromatic N) is 3. The van der Waals surface area contributed by atoms with E-state index in [0.29, 0.717) is 0 Å². The van der Waals surface area contributed by atoms with E-state index in [2.05, 4.69) is 44.6 Å². The number of imidazole rings is 1. The number of aromatic nitrogens is 3. The highest BCUT2D eigenvalue weighted by Gasteiger charge is 2.11. The number of aliphatic hydroxyl groups excluding tert-OH is 1. The number of thiophene rings is 1. The van der Waals surface area contributed by atoms with Gasteiger partial charge in [0.15, 0.2) is 5.82 Å². The first-order chi connectivity index (χ1) is 12.3. The first kappa shape index (κ1) is 15.8. The summed E-state index contributed by atoms with van der Waals surface area (Å²) in [7, 11) is 0. The van der Waals surface area contributed by atoms with Crippen molar-refractivity contribution in [2.75, 3.05) is 6.61 Å². The summed E-state index contributed by atoms with van der Waals surface area (Å²) in [6.07, 6.45) is 3.75. The second-order valence-corrected chi connectivity index (χ2v) is 6.97. The summed E-state index contributed by atoms with van der Waals surface area (Å²) in [5.41, 5.74) is 4.94. The van der Waals surface area contributed by atoms with Crippen molar-refractivity contribution in [2.45, 2.75) is 0 Å². The van der Waals surface area contributed by atoms with E-state index in [0.717, 1.165) is 32.5 Å². The Bertz CT molecular complexity index is 1050. The van der Waals surface area contributed by atoms with Gasteiger partial charge in [0.25, 0.3) is 0 Å². The van der Waals surface area contributed by atoms with Crippen LogP contribution in [0.15, 0.2) is 59.7 Å². The van der Waals surface area contributed by atoms with E-state index in [4.69, 9.17) is 5.11 Å². The fourth-order valence-corrected chi connectivity index (χ4v) is 3.95. The Kier molecular flexibility index (Phi) is 4.44.